The van der Waals surface area contributed by atoms with Crippen LogP contribution in [0.3, 0.4) is 0 Å². The Hall–Kier alpha value is -0.980. The zero-order valence-corrected chi connectivity index (χ0v) is 11.8. The van der Waals surface area contributed by atoms with Gasteiger partial charge in [0.1, 0.15) is 12.2 Å². The minimum Gasteiger partial charge on any atom is -0.390 e. The van der Waals surface area contributed by atoms with Gasteiger partial charge in [-0.05, 0) is 19.4 Å². The Balaban J connectivity index is 1.70. The molecule has 2 aliphatic rings. The van der Waals surface area contributed by atoms with E-state index in [1.54, 1.807) is 0 Å². The van der Waals surface area contributed by atoms with Gasteiger partial charge in [0.05, 0.1) is 12.7 Å². The summed E-state index contributed by atoms with van der Waals surface area (Å²) in [6, 6.07) is 9.82. The van der Waals surface area contributed by atoms with Gasteiger partial charge in [-0.15, -0.1) is 0 Å². The average molecular weight is 279 g/mol. The van der Waals surface area contributed by atoms with E-state index in [-0.39, 0.29) is 0 Å². The Morgan fingerprint density at radius 2 is 2.05 bits per heavy atom. The molecule has 0 unspecified atom stereocenters. The lowest BCUT2D eigenvalue weighted by Gasteiger charge is -2.24. The third-order valence-electron chi connectivity index (χ3n) is 3.82. The summed E-state index contributed by atoms with van der Waals surface area (Å²) < 4.78 is 17.4. The smallest absolute Gasteiger partial charge is 0.165 e. The molecule has 0 bridgehead atoms. The summed E-state index contributed by atoms with van der Waals surface area (Å²) in [5, 5.41) is 10.1. The molecule has 1 saturated carbocycles. The molecular formula is C15H21NO4. The lowest BCUT2D eigenvalue weighted by Crippen LogP contribution is -2.48. The van der Waals surface area contributed by atoms with Gasteiger partial charge in [0.2, 0.25) is 0 Å². The minimum absolute atomic E-state index is 0.320. The molecule has 1 aliphatic heterocycles. The summed E-state index contributed by atoms with van der Waals surface area (Å²) in [6.45, 7) is 4.06. The van der Waals surface area contributed by atoms with Crippen molar-refractivity contribution < 1.29 is 19.3 Å². The van der Waals surface area contributed by atoms with Crippen LogP contribution in [0.15, 0.2) is 30.3 Å². The van der Waals surface area contributed by atoms with Gasteiger partial charge in [-0.25, -0.2) is 0 Å². The maximum Gasteiger partial charge on any atom is 0.165 e. The second kappa shape index (κ2) is 4.79. The summed E-state index contributed by atoms with van der Waals surface area (Å²) >= 11 is 0. The molecule has 0 radical (unpaired) electrons. The van der Waals surface area contributed by atoms with Crippen molar-refractivity contribution in [3.05, 3.63) is 35.9 Å². The van der Waals surface area contributed by atoms with Gasteiger partial charge in [0, 0.05) is 6.42 Å². The van der Waals surface area contributed by atoms with Gasteiger partial charge in [-0.2, -0.15) is 0 Å². The zero-order chi connectivity index (χ0) is 14.4. The van der Waals surface area contributed by atoms with Crippen molar-refractivity contribution in [3.8, 4) is 0 Å². The van der Waals surface area contributed by atoms with Crippen LogP contribution in [0.4, 0.5) is 0 Å². The number of hydrogen-bond donors (Lipinski definition) is 2. The normalized spacial score (nSPS) is 38.9. The molecular weight excluding hydrogens is 258 g/mol. The first kappa shape index (κ1) is 14.0. The van der Waals surface area contributed by atoms with Crippen molar-refractivity contribution in [3.63, 3.8) is 0 Å². The summed E-state index contributed by atoms with van der Waals surface area (Å²) in [7, 11) is 0. The fraction of sp³-hybridized carbons (Fsp3) is 0.600. The summed E-state index contributed by atoms with van der Waals surface area (Å²) in [5.74, 6) is -0.742. The molecule has 1 saturated heterocycles. The van der Waals surface area contributed by atoms with E-state index in [1.807, 2.05) is 44.2 Å². The van der Waals surface area contributed by atoms with Gasteiger partial charge in [-0.3, -0.25) is 0 Å². The lowest BCUT2D eigenvalue weighted by molar-refractivity contribution is -0.189. The molecule has 0 spiro atoms. The van der Waals surface area contributed by atoms with Gasteiger partial charge >= 0.3 is 0 Å². The molecule has 0 aromatic heterocycles. The maximum atomic E-state index is 10.1. The number of aliphatic hydroxyl groups is 1. The number of rotatable bonds is 3. The van der Waals surface area contributed by atoms with Crippen LogP contribution < -0.4 is 5.73 Å². The SMILES string of the molecule is CC1(C)O[C@@H]2[C@@H](OCc3ccccc3)[C@H](O)C[C@]2(N)O1. The first-order valence-corrected chi connectivity index (χ1v) is 6.90. The summed E-state index contributed by atoms with van der Waals surface area (Å²) in [4.78, 5) is 0. The molecule has 3 N–H and O–H groups in total. The van der Waals surface area contributed by atoms with Gasteiger partial charge in [0.15, 0.2) is 11.5 Å². The molecule has 1 aromatic carbocycles. The zero-order valence-electron chi connectivity index (χ0n) is 11.8. The van der Waals surface area contributed by atoms with Gasteiger partial charge < -0.3 is 25.1 Å². The molecule has 0 amide bonds. The Morgan fingerprint density at radius 1 is 1.35 bits per heavy atom. The molecule has 1 heterocycles. The van der Waals surface area contributed by atoms with Crippen molar-refractivity contribution in [2.24, 2.45) is 5.73 Å². The summed E-state index contributed by atoms with van der Waals surface area (Å²) in [5.41, 5.74) is 6.28. The number of aliphatic hydroxyl groups excluding tert-OH is 1. The number of hydrogen-bond acceptors (Lipinski definition) is 5. The fourth-order valence-electron chi connectivity index (χ4n) is 3.06. The van der Waals surface area contributed by atoms with Gasteiger partial charge in [0.25, 0.3) is 0 Å². The monoisotopic (exact) mass is 279 g/mol. The van der Waals surface area contributed by atoms with Crippen LogP contribution in [0, 0.1) is 0 Å². The van der Waals surface area contributed by atoms with Gasteiger partial charge in [-0.1, -0.05) is 30.3 Å². The Labute approximate surface area is 118 Å². The van der Waals surface area contributed by atoms with E-state index in [2.05, 4.69) is 0 Å². The highest BCUT2D eigenvalue weighted by Crippen LogP contribution is 2.44. The fourth-order valence-corrected chi connectivity index (χ4v) is 3.06. The Morgan fingerprint density at radius 3 is 2.75 bits per heavy atom. The number of nitrogens with two attached hydrogens (primary N) is 1. The highest BCUT2D eigenvalue weighted by atomic mass is 16.8. The molecule has 4 atom stereocenters. The predicted octanol–water partition coefficient (Wildman–Crippen LogP) is 1.14. The molecule has 1 aliphatic carbocycles. The van der Waals surface area contributed by atoms with Crippen molar-refractivity contribution in [2.45, 2.75) is 56.7 Å². The Bertz CT molecular complexity index is 478. The highest BCUT2D eigenvalue weighted by Gasteiger charge is 2.61. The van der Waals surface area contributed by atoms with Crippen molar-refractivity contribution >= 4 is 0 Å². The second-order valence-corrected chi connectivity index (χ2v) is 6.03. The molecule has 110 valence electrons. The lowest BCUT2D eigenvalue weighted by atomic mass is 10.1. The molecule has 1 aromatic rings. The van der Waals surface area contributed by atoms with E-state index >= 15 is 0 Å². The van der Waals surface area contributed by atoms with Crippen LogP contribution in [0.5, 0.6) is 0 Å². The highest BCUT2D eigenvalue weighted by molar-refractivity contribution is 5.14. The van der Waals surface area contributed by atoms with E-state index < -0.39 is 29.8 Å². The van der Waals surface area contributed by atoms with E-state index in [0.717, 1.165) is 5.56 Å². The molecule has 20 heavy (non-hydrogen) atoms. The summed E-state index contributed by atoms with van der Waals surface area (Å²) in [6.07, 6.45) is -1.27. The van der Waals surface area contributed by atoms with Crippen molar-refractivity contribution in [2.75, 3.05) is 0 Å². The van der Waals surface area contributed by atoms with E-state index in [4.69, 9.17) is 19.9 Å². The first-order valence-electron chi connectivity index (χ1n) is 6.90. The van der Waals surface area contributed by atoms with Crippen LogP contribution in [-0.4, -0.2) is 34.9 Å². The first-order chi connectivity index (χ1) is 9.40. The quantitative estimate of drug-likeness (QED) is 0.868. The minimum atomic E-state index is -0.968. The average Bonchev–Trinajstić information content (AvgIpc) is 2.72. The third-order valence-corrected chi connectivity index (χ3v) is 3.82. The molecule has 5 nitrogen and oxygen atoms in total. The van der Waals surface area contributed by atoms with Crippen LogP contribution in [0.2, 0.25) is 0 Å². The number of benzene rings is 1. The largest absolute Gasteiger partial charge is 0.390 e. The van der Waals surface area contributed by atoms with E-state index in [0.29, 0.717) is 13.0 Å². The third kappa shape index (κ3) is 2.47. The van der Waals surface area contributed by atoms with Crippen LogP contribution >= 0.6 is 0 Å². The van der Waals surface area contributed by atoms with Crippen LogP contribution in [-0.2, 0) is 20.8 Å². The van der Waals surface area contributed by atoms with E-state index in [1.165, 1.54) is 0 Å². The van der Waals surface area contributed by atoms with Crippen molar-refractivity contribution in [1.82, 2.24) is 0 Å². The standard InChI is InChI=1S/C15H21NO4/c1-14(2)19-13-12(11(17)8-15(13,16)20-14)18-9-10-6-4-3-5-7-10/h3-7,11-13,17H,8-9,16H2,1-2H3/t11-,12+,13-,15+/m1/s1. The number of fused-ring (bicyclic) bond motifs is 1. The molecule has 2 fully saturated rings. The topological polar surface area (TPSA) is 73.9 Å². The molecule has 3 rings (SSSR count). The number of ether oxygens (including phenoxy) is 3. The van der Waals surface area contributed by atoms with E-state index in [9.17, 15) is 5.11 Å². The Kier molecular flexibility index (Phi) is 3.35. The second-order valence-electron chi connectivity index (χ2n) is 6.03. The van der Waals surface area contributed by atoms with Crippen molar-refractivity contribution in [1.29, 1.82) is 0 Å². The molecule has 5 heteroatoms. The van der Waals surface area contributed by atoms with Crippen LogP contribution in [0.25, 0.3) is 0 Å². The predicted molar refractivity (Wildman–Crippen MR) is 72.6 cm³/mol. The van der Waals surface area contributed by atoms with Crippen LogP contribution in [0.1, 0.15) is 25.8 Å². The maximum absolute atomic E-state index is 10.1.